The zero-order valence-electron chi connectivity index (χ0n) is 12.2. The molecule has 0 unspecified atom stereocenters. The fraction of sp³-hybridized carbons (Fsp3) is 0.688. The molecule has 110 valence electrons. The van der Waals surface area contributed by atoms with Crippen molar-refractivity contribution in [3.8, 4) is 0 Å². The van der Waals surface area contributed by atoms with E-state index in [0.717, 1.165) is 23.6 Å². The zero-order chi connectivity index (χ0) is 13.9. The van der Waals surface area contributed by atoms with Crippen LogP contribution < -0.4 is 10.2 Å². The Bertz CT molecular complexity index is 453. The molecule has 0 radical (unpaired) electrons. The molecule has 2 fully saturated rings. The molecule has 1 heterocycles. The molecular formula is C16H24BrN3. The van der Waals surface area contributed by atoms with Gasteiger partial charge in [0.25, 0.3) is 0 Å². The third-order valence-corrected chi connectivity index (χ3v) is 4.88. The first-order valence-electron chi connectivity index (χ1n) is 7.92. The Hall–Kier alpha value is -0.610. The summed E-state index contributed by atoms with van der Waals surface area (Å²) in [6.07, 6.45) is 9.98. The molecule has 3 rings (SSSR count). The van der Waals surface area contributed by atoms with E-state index in [4.69, 9.17) is 4.98 Å². The molecule has 20 heavy (non-hydrogen) atoms. The highest BCUT2D eigenvalue weighted by Crippen LogP contribution is 2.30. The van der Waals surface area contributed by atoms with Crippen molar-refractivity contribution in [2.75, 3.05) is 11.4 Å². The summed E-state index contributed by atoms with van der Waals surface area (Å²) in [7, 11) is 0. The normalized spacial score (nSPS) is 19.5. The third-order valence-electron chi connectivity index (χ3n) is 4.45. The van der Waals surface area contributed by atoms with Gasteiger partial charge in [0.1, 0.15) is 5.82 Å². The molecule has 1 aromatic rings. The lowest BCUT2D eigenvalue weighted by atomic mass is 10.1. The standard InChI is InChI=1S/C16H24BrN3/c1-2-20(15-5-3-4-6-15)16-12(9-13(17)11-19-16)10-18-14-7-8-14/h9,11,14-15,18H,2-8,10H2,1H3. The number of pyridine rings is 1. The maximum absolute atomic E-state index is 4.73. The van der Waals surface area contributed by atoms with Crippen LogP contribution in [0.15, 0.2) is 16.7 Å². The van der Waals surface area contributed by atoms with Gasteiger partial charge in [-0.25, -0.2) is 4.98 Å². The van der Waals surface area contributed by atoms with E-state index in [2.05, 4.69) is 39.1 Å². The largest absolute Gasteiger partial charge is 0.354 e. The van der Waals surface area contributed by atoms with Crippen molar-refractivity contribution in [1.82, 2.24) is 10.3 Å². The van der Waals surface area contributed by atoms with Crippen molar-refractivity contribution in [2.45, 2.75) is 64.1 Å². The smallest absolute Gasteiger partial charge is 0.133 e. The topological polar surface area (TPSA) is 28.2 Å². The van der Waals surface area contributed by atoms with Crippen molar-refractivity contribution in [2.24, 2.45) is 0 Å². The predicted octanol–water partition coefficient (Wildman–Crippen LogP) is 3.87. The van der Waals surface area contributed by atoms with E-state index in [0.29, 0.717) is 6.04 Å². The van der Waals surface area contributed by atoms with Crippen molar-refractivity contribution in [3.63, 3.8) is 0 Å². The van der Waals surface area contributed by atoms with Gasteiger partial charge in [-0.1, -0.05) is 12.8 Å². The first-order valence-corrected chi connectivity index (χ1v) is 8.71. The van der Waals surface area contributed by atoms with Crippen molar-refractivity contribution >= 4 is 21.7 Å². The first kappa shape index (κ1) is 14.3. The summed E-state index contributed by atoms with van der Waals surface area (Å²) in [5.41, 5.74) is 1.33. The Morgan fingerprint density at radius 1 is 1.30 bits per heavy atom. The van der Waals surface area contributed by atoms with Gasteiger partial charge in [-0.15, -0.1) is 0 Å². The second-order valence-corrected chi connectivity index (χ2v) is 6.93. The molecule has 0 aliphatic heterocycles. The summed E-state index contributed by atoms with van der Waals surface area (Å²) in [4.78, 5) is 7.25. The van der Waals surface area contributed by atoms with Crippen LogP contribution in [0.25, 0.3) is 0 Å². The number of nitrogens with one attached hydrogen (secondary N) is 1. The molecule has 0 spiro atoms. The van der Waals surface area contributed by atoms with Gasteiger partial charge in [-0.2, -0.15) is 0 Å². The van der Waals surface area contributed by atoms with Gasteiger partial charge in [-0.3, -0.25) is 0 Å². The summed E-state index contributed by atoms with van der Waals surface area (Å²) in [5.74, 6) is 1.19. The van der Waals surface area contributed by atoms with Crippen LogP contribution in [-0.4, -0.2) is 23.6 Å². The van der Waals surface area contributed by atoms with E-state index in [1.54, 1.807) is 0 Å². The van der Waals surface area contributed by atoms with Crippen molar-refractivity contribution in [3.05, 3.63) is 22.3 Å². The SMILES string of the molecule is CCN(c1ncc(Br)cc1CNC1CC1)C1CCCC1. The fourth-order valence-electron chi connectivity index (χ4n) is 3.20. The van der Waals surface area contributed by atoms with E-state index >= 15 is 0 Å². The third kappa shape index (κ3) is 3.34. The quantitative estimate of drug-likeness (QED) is 0.854. The summed E-state index contributed by atoms with van der Waals surface area (Å²) in [6.45, 7) is 4.24. The Labute approximate surface area is 130 Å². The van der Waals surface area contributed by atoms with E-state index in [-0.39, 0.29) is 0 Å². The van der Waals surface area contributed by atoms with Gasteiger partial charge in [0.2, 0.25) is 0 Å². The van der Waals surface area contributed by atoms with Gasteiger partial charge in [0.15, 0.2) is 0 Å². The highest BCUT2D eigenvalue weighted by atomic mass is 79.9. The average molecular weight is 338 g/mol. The molecule has 2 aliphatic rings. The molecule has 2 saturated carbocycles. The lowest BCUT2D eigenvalue weighted by molar-refractivity contribution is 0.604. The van der Waals surface area contributed by atoms with E-state index in [1.807, 2.05) is 6.20 Å². The molecule has 0 atom stereocenters. The van der Waals surface area contributed by atoms with Crippen LogP contribution in [0.5, 0.6) is 0 Å². The summed E-state index contributed by atoms with van der Waals surface area (Å²) >= 11 is 3.56. The van der Waals surface area contributed by atoms with E-state index in [1.165, 1.54) is 49.9 Å². The van der Waals surface area contributed by atoms with Crippen molar-refractivity contribution < 1.29 is 0 Å². The van der Waals surface area contributed by atoms with Crippen LogP contribution in [0.4, 0.5) is 5.82 Å². The summed E-state index contributed by atoms with van der Waals surface area (Å²) in [5, 5.41) is 3.62. The van der Waals surface area contributed by atoms with Gasteiger partial charge < -0.3 is 10.2 Å². The highest BCUT2D eigenvalue weighted by molar-refractivity contribution is 9.10. The van der Waals surface area contributed by atoms with Crippen LogP contribution in [0.3, 0.4) is 0 Å². The second kappa shape index (κ2) is 6.44. The average Bonchev–Trinajstić information content (AvgIpc) is 3.13. The van der Waals surface area contributed by atoms with Gasteiger partial charge >= 0.3 is 0 Å². The van der Waals surface area contributed by atoms with Crippen LogP contribution in [0.1, 0.15) is 51.0 Å². The maximum atomic E-state index is 4.73. The Morgan fingerprint density at radius 3 is 2.70 bits per heavy atom. The van der Waals surface area contributed by atoms with Crippen LogP contribution in [0, 0.1) is 0 Å². The molecule has 0 aromatic carbocycles. The molecule has 1 N–H and O–H groups in total. The number of rotatable bonds is 6. The lowest BCUT2D eigenvalue weighted by Crippen LogP contribution is -2.35. The number of hydrogen-bond donors (Lipinski definition) is 1. The predicted molar refractivity (Wildman–Crippen MR) is 87.1 cm³/mol. The molecule has 4 heteroatoms. The number of aromatic nitrogens is 1. The van der Waals surface area contributed by atoms with E-state index in [9.17, 15) is 0 Å². The molecule has 0 saturated heterocycles. The highest BCUT2D eigenvalue weighted by Gasteiger charge is 2.25. The molecular weight excluding hydrogens is 314 g/mol. The van der Waals surface area contributed by atoms with E-state index < -0.39 is 0 Å². The summed E-state index contributed by atoms with van der Waals surface area (Å²) in [6, 6.07) is 3.66. The minimum Gasteiger partial charge on any atom is -0.354 e. The van der Waals surface area contributed by atoms with Crippen LogP contribution in [-0.2, 0) is 6.54 Å². The number of nitrogens with zero attached hydrogens (tertiary/aromatic N) is 2. The number of hydrogen-bond acceptors (Lipinski definition) is 3. The van der Waals surface area contributed by atoms with Crippen LogP contribution in [0.2, 0.25) is 0 Å². The Morgan fingerprint density at radius 2 is 2.05 bits per heavy atom. The molecule has 0 amide bonds. The van der Waals surface area contributed by atoms with Gasteiger partial charge in [-0.05, 0) is 54.6 Å². The maximum Gasteiger partial charge on any atom is 0.133 e. The Kier molecular flexibility index (Phi) is 4.61. The molecule has 0 bridgehead atoms. The molecule has 3 nitrogen and oxygen atoms in total. The Balaban J connectivity index is 1.80. The zero-order valence-corrected chi connectivity index (χ0v) is 13.8. The first-order chi connectivity index (χ1) is 9.78. The van der Waals surface area contributed by atoms with Crippen LogP contribution >= 0.6 is 15.9 Å². The minimum absolute atomic E-state index is 0.688. The molecule has 1 aromatic heterocycles. The fourth-order valence-corrected chi connectivity index (χ4v) is 3.58. The summed E-state index contributed by atoms with van der Waals surface area (Å²) < 4.78 is 1.08. The second-order valence-electron chi connectivity index (χ2n) is 6.02. The minimum atomic E-state index is 0.688. The monoisotopic (exact) mass is 337 g/mol. The van der Waals surface area contributed by atoms with Gasteiger partial charge in [0.05, 0.1) is 0 Å². The van der Waals surface area contributed by atoms with Crippen molar-refractivity contribution in [1.29, 1.82) is 0 Å². The number of anilines is 1. The van der Waals surface area contributed by atoms with Gasteiger partial charge in [0, 0.05) is 41.4 Å². The molecule has 2 aliphatic carbocycles. The lowest BCUT2D eigenvalue weighted by Gasteiger charge is -2.30. The number of halogens is 1.